The minimum Gasteiger partial charge on any atom is -0.479 e. The summed E-state index contributed by atoms with van der Waals surface area (Å²) in [4.78, 5) is 15.3. The molecule has 0 saturated heterocycles. The summed E-state index contributed by atoms with van der Waals surface area (Å²) in [5, 5.41) is 9.93. The number of ether oxygens (including phenoxy) is 1. The lowest BCUT2D eigenvalue weighted by Crippen LogP contribution is -2.22. The fourth-order valence-electron chi connectivity index (χ4n) is 1.72. The predicted molar refractivity (Wildman–Crippen MR) is 75.9 cm³/mol. The molecule has 4 nitrogen and oxygen atoms in total. The molecule has 1 N–H and O–H groups in total. The highest BCUT2D eigenvalue weighted by molar-refractivity contribution is 7.18. The smallest absolute Gasteiger partial charge is 0.344 e. The summed E-state index contributed by atoms with van der Waals surface area (Å²) in [5.74, 6) is 0.176. The second-order valence-electron chi connectivity index (χ2n) is 4.93. The molecule has 0 fully saturated rings. The molecule has 0 radical (unpaired) electrons. The Bertz CT molecular complexity index is 591. The number of aromatic nitrogens is 1. The van der Waals surface area contributed by atoms with Gasteiger partial charge in [-0.3, -0.25) is 0 Å². The lowest BCUT2D eigenvalue weighted by atomic mass is 10.1. The first-order valence-corrected chi connectivity index (χ1v) is 7.06. The van der Waals surface area contributed by atoms with E-state index in [9.17, 15) is 4.79 Å². The van der Waals surface area contributed by atoms with Crippen LogP contribution in [0.1, 0.15) is 25.8 Å². The Morgan fingerprint density at radius 3 is 2.79 bits per heavy atom. The van der Waals surface area contributed by atoms with E-state index in [2.05, 4.69) is 18.8 Å². The van der Waals surface area contributed by atoms with Crippen LogP contribution in [0.25, 0.3) is 10.2 Å². The quantitative estimate of drug-likeness (QED) is 0.911. The molecule has 0 spiro atoms. The normalized spacial score (nSPS) is 12.8. The molecular weight excluding hydrogens is 262 g/mol. The van der Waals surface area contributed by atoms with E-state index in [1.54, 1.807) is 17.4 Å². The van der Waals surface area contributed by atoms with Gasteiger partial charge in [-0.15, -0.1) is 11.3 Å². The summed E-state index contributed by atoms with van der Waals surface area (Å²) >= 11 is 1.64. The Balaban J connectivity index is 2.22. The largest absolute Gasteiger partial charge is 0.479 e. The summed E-state index contributed by atoms with van der Waals surface area (Å²) in [5.41, 5.74) is 0.941. The molecule has 0 saturated carbocycles. The van der Waals surface area contributed by atoms with E-state index in [0.717, 1.165) is 21.6 Å². The maximum absolute atomic E-state index is 10.8. The van der Waals surface area contributed by atoms with Crippen molar-refractivity contribution in [3.05, 3.63) is 23.2 Å². The fourth-order valence-corrected chi connectivity index (χ4v) is 2.92. The average Bonchev–Trinajstić information content (AvgIpc) is 2.69. The molecule has 2 aromatic rings. The van der Waals surface area contributed by atoms with Crippen LogP contribution >= 0.6 is 11.3 Å². The molecule has 0 aliphatic heterocycles. The van der Waals surface area contributed by atoms with Crippen LogP contribution < -0.4 is 4.74 Å². The lowest BCUT2D eigenvalue weighted by Gasteiger charge is -2.09. The van der Waals surface area contributed by atoms with Crippen molar-refractivity contribution in [3.63, 3.8) is 0 Å². The molecule has 1 unspecified atom stereocenters. The topological polar surface area (TPSA) is 59.4 Å². The van der Waals surface area contributed by atoms with Crippen molar-refractivity contribution >= 4 is 27.5 Å². The second kappa shape index (κ2) is 5.57. The molecule has 0 aliphatic carbocycles. The Hall–Kier alpha value is -1.62. The highest BCUT2D eigenvalue weighted by Crippen LogP contribution is 2.28. The zero-order chi connectivity index (χ0) is 14.0. The third-order valence-corrected chi connectivity index (χ3v) is 3.69. The number of aliphatic carboxylic acids is 1. The van der Waals surface area contributed by atoms with Gasteiger partial charge in [0.05, 0.1) is 15.2 Å². The van der Waals surface area contributed by atoms with E-state index in [4.69, 9.17) is 9.84 Å². The maximum atomic E-state index is 10.8. The number of fused-ring (bicyclic) bond motifs is 1. The van der Waals surface area contributed by atoms with Crippen molar-refractivity contribution in [2.75, 3.05) is 0 Å². The Labute approximate surface area is 116 Å². The highest BCUT2D eigenvalue weighted by Gasteiger charge is 2.13. The summed E-state index contributed by atoms with van der Waals surface area (Å²) in [7, 11) is 0. The minimum atomic E-state index is -0.968. The van der Waals surface area contributed by atoms with Gasteiger partial charge >= 0.3 is 5.97 Å². The minimum absolute atomic E-state index is 0.571. The second-order valence-corrected chi connectivity index (χ2v) is 6.05. The zero-order valence-electron chi connectivity index (χ0n) is 11.2. The number of hydrogen-bond acceptors (Lipinski definition) is 4. The predicted octanol–water partition coefficient (Wildman–Crippen LogP) is 3.35. The van der Waals surface area contributed by atoms with E-state index in [0.29, 0.717) is 11.7 Å². The van der Waals surface area contributed by atoms with Gasteiger partial charge in [-0.1, -0.05) is 13.8 Å². The Morgan fingerprint density at radius 2 is 2.16 bits per heavy atom. The monoisotopic (exact) mass is 279 g/mol. The average molecular weight is 279 g/mol. The molecule has 2 rings (SSSR count). The van der Waals surface area contributed by atoms with Crippen molar-refractivity contribution in [3.8, 4) is 5.75 Å². The van der Waals surface area contributed by atoms with Gasteiger partial charge in [0.25, 0.3) is 0 Å². The van der Waals surface area contributed by atoms with Gasteiger partial charge < -0.3 is 9.84 Å². The third-order valence-electron chi connectivity index (χ3n) is 2.65. The lowest BCUT2D eigenvalue weighted by molar-refractivity contribution is -0.144. The van der Waals surface area contributed by atoms with Gasteiger partial charge in [-0.2, -0.15) is 0 Å². The molecule has 1 heterocycles. The van der Waals surface area contributed by atoms with Crippen molar-refractivity contribution in [2.45, 2.75) is 33.3 Å². The first kappa shape index (κ1) is 13.8. The van der Waals surface area contributed by atoms with Gasteiger partial charge in [0.1, 0.15) is 5.75 Å². The third kappa shape index (κ3) is 3.44. The Kier molecular flexibility index (Phi) is 4.04. The summed E-state index contributed by atoms with van der Waals surface area (Å²) in [6.07, 6.45) is 0.113. The molecule has 0 bridgehead atoms. The molecule has 5 heteroatoms. The fraction of sp³-hybridized carbons (Fsp3) is 0.429. The number of nitrogens with zero attached hydrogens (tertiary/aromatic N) is 1. The van der Waals surface area contributed by atoms with Gasteiger partial charge in [0, 0.05) is 6.42 Å². The van der Waals surface area contributed by atoms with Crippen LogP contribution in [0.2, 0.25) is 0 Å². The van der Waals surface area contributed by atoms with Crippen molar-refractivity contribution in [1.82, 2.24) is 4.98 Å². The highest BCUT2D eigenvalue weighted by atomic mass is 32.1. The molecule has 1 atom stereocenters. The standard InChI is InChI=1S/C14H17NO3S/c1-8(2)6-13-15-11-5-4-10(7-12(11)19-13)18-9(3)14(16)17/h4-5,7-9H,6H2,1-3H3,(H,16,17). The van der Waals surface area contributed by atoms with Crippen molar-refractivity contribution in [1.29, 1.82) is 0 Å². The van der Waals surface area contributed by atoms with Crippen LogP contribution in [0.15, 0.2) is 18.2 Å². The van der Waals surface area contributed by atoms with Gasteiger partial charge in [0.15, 0.2) is 6.10 Å². The summed E-state index contributed by atoms with van der Waals surface area (Å²) < 4.78 is 6.39. The number of carboxylic acid groups (broad SMARTS) is 1. The molecule has 1 aromatic heterocycles. The number of hydrogen-bond donors (Lipinski definition) is 1. The van der Waals surface area contributed by atoms with Crippen LogP contribution in [0.3, 0.4) is 0 Å². The number of thiazole rings is 1. The SMILES string of the molecule is CC(C)Cc1nc2ccc(OC(C)C(=O)O)cc2s1. The van der Waals surface area contributed by atoms with Crippen LogP contribution in [-0.2, 0) is 11.2 Å². The van der Waals surface area contributed by atoms with Crippen molar-refractivity contribution < 1.29 is 14.6 Å². The van der Waals surface area contributed by atoms with E-state index in [1.807, 2.05) is 12.1 Å². The van der Waals surface area contributed by atoms with Crippen LogP contribution in [0.4, 0.5) is 0 Å². The maximum Gasteiger partial charge on any atom is 0.344 e. The van der Waals surface area contributed by atoms with Crippen LogP contribution in [0, 0.1) is 5.92 Å². The zero-order valence-corrected chi connectivity index (χ0v) is 12.0. The summed E-state index contributed by atoms with van der Waals surface area (Å²) in [6, 6.07) is 5.50. The van der Waals surface area contributed by atoms with E-state index in [1.165, 1.54) is 6.92 Å². The van der Waals surface area contributed by atoms with E-state index in [-0.39, 0.29) is 0 Å². The number of carboxylic acids is 1. The number of carbonyl (C=O) groups is 1. The van der Waals surface area contributed by atoms with Gasteiger partial charge in [0.2, 0.25) is 0 Å². The molecule has 0 aliphatic rings. The van der Waals surface area contributed by atoms with Gasteiger partial charge in [-0.05, 0) is 31.0 Å². The molecular formula is C14H17NO3S. The first-order valence-electron chi connectivity index (χ1n) is 6.24. The number of benzene rings is 1. The molecule has 1 aromatic carbocycles. The van der Waals surface area contributed by atoms with Crippen LogP contribution in [-0.4, -0.2) is 22.2 Å². The van der Waals surface area contributed by atoms with E-state index >= 15 is 0 Å². The molecule has 102 valence electrons. The molecule has 0 amide bonds. The first-order chi connectivity index (χ1) is 8.95. The van der Waals surface area contributed by atoms with Crippen LogP contribution in [0.5, 0.6) is 5.75 Å². The summed E-state index contributed by atoms with van der Waals surface area (Å²) in [6.45, 7) is 5.84. The number of rotatable bonds is 5. The van der Waals surface area contributed by atoms with E-state index < -0.39 is 12.1 Å². The van der Waals surface area contributed by atoms with Gasteiger partial charge in [-0.25, -0.2) is 9.78 Å². The molecule has 19 heavy (non-hydrogen) atoms. The Morgan fingerprint density at radius 1 is 1.42 bits per heavy atom. The van der Waals surface area contributed by atoms with Crippen molar-refractivity contribution in [2.24, 2.45) is 5.92 Å².